The van der Waals surface area contributed by atoms with Crippen LogP contribution >= 0.6 is 0 Å². The van der Waals surface area contributed by atoms with Crippen LogP contribution in [0.5, 0.6) is 0 Å². The molecule has 1 aromatic carbocycles. The molecule has 1 aromatic rings. The van der Waals surface area contributed by atoms with Gasteiger partial charge in [0.1, 0.15) is 4.90 Å². The number of rotatable bonds is 5. The maximum absolute atomic E-state index is 12.4. The van der Waals surface area contributed by atoms with E-state index in [2.05, 4.69) is 4.72 Å². The first-order valence-corrected chi connectivity index (χ1v) is 8.95. The Kier molecular flexibility index (Phi) is 5.24. The highest BCUT2D eigenvalue weighted by atomic mass is 32.2. The molecule has 0 aliphatic carbocycles. The number of β-amino-alcohol motifs (C(OH)–C–C–N with tert-alkyl or cyclic N) is 1. The summed E-state index contributed by atoms with van der Waals surface area (Å²) in [4.78, 5) is 2.26. The van der Waals surface area contributed by atoms with Crippen molar-refractivity contribution in [3.63, 3.8) is 0 Å². The van der Waals surface area contributed by atoms with Gasteiger partial charge in [-0.05, 0) is 30.9 Å². The molecule has 0 spiro atoms. The van der Waals surface area contributed by atoms with Gasteiger partial charge in [0, 0.05) is 19.6 Å². The fraction of sp³-hybridized carbons (Fsp3) is 0.600. The highest BCUT2D eigenvalue weighted by Crippen LogP contribution is 2.29. The number of piperidine rings is 1. The predicted molar refractivity (Wildman–Crippen MR) is 83.9 cm³/mol. The maximum atomic E-state index is 12.4. The third-order valence-corrected chi connectivity index (χ3v) is 5.46. The van der Waals surface area contributed by atoms with Crippen molar-refractivity contribution in [2.45, 2.75) is 37.7 Å². The molecule has 118 valence electrons. The molecule has 1 aliphatic heterocycles. The van der Waals surface area contributed by atoms with E-state index in [0.29, 0.717) is 23.7 Å². The van der Waals surface area contributed by atoms with Gasteiger partial charge in [-0.25, -0.2) is 13.1 Å². The lowest BCUT2D eigenvalue weighted by molar-refractivity contribution is 0.103. The van der Waals surface area contributed by atoms with Crippen molar-refractivity contribution in [3.05, 3.63) is 24.3 Å². The SMILES string of the molecule is CCCNS(=O)(=O)c1ccccc1N1CCC(C)C(O)C1. The Balaban J connectivity index is 2.29. The smallest absolute Gasteiger partial charge is 0.242 e. The number of aliphatic hydroxyl groups excluding tert-OH is 1. The van der Waals surface area contributed by atoms with E-state index in [-0.39, 0.29) is 5.92 Å². The predicted octanol–water partition coefficient (Wildman–Crippen LogP) is 1.58. The molecule has 0 bridgehead atoms. The second-order valence-electron chi connectivity index (χ2n) is 5.64. The van der Waals surface area contributed by atoms with Gasteiger partial charge in [-0.15, -0.1) is 0 Å². The summed E-state index contributed by atoms with van der Waals surface area (Å²) in [6.45, 7) is 5.61. The Labute approximate surface area is 127 Å². The van der Waals surface area contributed by atoms with Crippen LogP contribution in [0.1, 0.15) is 26.7 Å². The number of aliphatic hydroxyl groups is 1. The van der Waals surface area contributed by atoms with Crippen molar-refractivity contribution in [2.75, 3.05) is 24.5 Å². The lowest BCUT2D eigenvalue weighted by Crippen LogP contribution is -2.43. The molecule has 2 rings (SSSR count). The van der Waals surface area contributed by atoms with Crippen molar-refractivity contribution in [2.24, 2.45) is 5.92 Å². The normalized spacial score (nSPS) is 23.3. The van der Waals surface area contributed by atoms with Gasteiger partial charge in [0.05, 0.1) is 11.8 Å². The molecular formula is C15H24N2O3S. The molecule has 2 N–H and O–H groups in total. The molecule has 0 radical (unpaired) electrons. The second-order valence-corrected chi connectivity index (χ2v) is 7.38. The molecule has 1 aliphatic rings. The molecule has 1 saturated heterocycles. The quantitative estimate of drug-likeness (QED) is 0.866. The monoisotopic (exact) mass is 312 g/mol. The van der Waals surface area contributed by atoms with Crippen molar-refractivity contribution in [3.8, 4) is 0 Å². The number of benzene rings is 1. The van der Waals surface area contributed by atoms with Gasteiger partial charge in [-0.1, -0.05) is 26.0 Å². The van der Waals surface area contributed by atoms with Gasteiger partial charge < -0.3 is 10.0 Å². The number of hydrogen-bond acceptors (Lipinski definition) is 4. The first kappa shape index (κ1) is 16.3. The molecule has 2 atom stereocenters. The van der Waals surface area contributed by atoms with Gasteiger partial charge in [-0.2, -0.15) is 0 Å². The fourth-order valence-electron chi connectivity index (χ4n) is 2.53. The molecule has 5 nitrogen and oxygen atoms in total. The van der Waals surface area contributed by atoms with Crippen LogP contribution < -0.4 is 9.62 Å². The number of hydrogen-bond donors (Lipinski definition) is 2. The van der Waals surface area contributed by atoms with E-state index in [1.807, 2.05) is 30.9 Å². The summed E-state index contributed by atoms with van der Waals surface area (Å²) in [5.74, 6) is 0.253. The highest BCUT2D eigenvalue weighted by Gasteiger charge is 2.28. The topological polar surface area (TPSA) is 69.6 Å². The van der Waals surface area contributed by atoms with E-state index in [4.69, 9.17) is 0 Å². The standard InChI is InChI=1S/C15H24N2O3S/c1-3-9-16-21(19,20)15-7-5-4-6-13(15)17-10-8-12(2)14(18)11-17/h4-7,12,14,16,18H,3,8-11H2,1-2H3. The fourth-order valence-corrected chi connectivity index (χ4v) is 3.89. The third-order valence-electron chi connectivity index (χ3n) is 3.96. The summed E-state index contributed by atoms with van der Waals surface area (Å²) in [5, 5.41) is 10.0. The molecule has 0 saturated carbocycles. The molecule has 1 fully saturated rings. The van der Waals surface area contributed by atoms with Crippen LogP contribution in [0.2, 0.25) is 0 Å². The lowest BCUT2D eigenvalue weighted by atomic mass is 9.96. The summed E-state index contributed by atoms with van der Waals surface area (Å²) < 4.78 is 27.4. The number of nitrogens with one attached hydrogen (secondary N) is 1. The van der Waals surface area contributed by atoms with Crippen molar-refractivity contribution >= 4 is 15.7 Å². The Hall–Kier alpha value is -1.11. The largest absolute Gasteiger partial charge is 0.391 e. The van der Waals surface area contributed by atoms with Gasteiger partial charge >= 0.3 is 0 Å². The minimum atomic E-state index is -3.51. The number of para-hydroxylation sites is 1. The number of sulfonamides is 1. The van der Waals surface area contributed by atoms with Gasteiger partial charge in [0.2, 0.25) is 10.0 Å². The summed E-state index contributed by atoms with van der Waals surface area (Å²) in [5.41, 5.74) is 0.673. The van der Waals surface area contributed by atoms with Gasteiger partial charge in [-0.3, -0.25) is 0 Å². The summed E-state index contributed by atoms with van der Waals surface area (Å²) in [6, 6.07) is 6.99. The van der Waals surface area contributed by atoms with Crippen molar-refractivity contribution in [1.82, 2.24) is 4.72 Å². The Morgan fingerprint density at radius 2 is 2.10 bits per heavy atom. The summed E-state index contributed by atoms with van der Waals surface area (Å²) >= 11 is 0. The van der Waals surface area contributed by atoms with Crippen molar-refractivity contribution < 1.29 is 13.5 Å². The number of nitrogens with zero attached hydrogens (tertiary/aromatic N) is 1. The average Bonchev–Trinajstić information content (AvgIpc) is 2.48. The van der Waals surface area contributed by atoms with Crippen LogP contribution in [0, 0.1) is 5.92 Å². The molecule has 6 heteroatoms. The van der Waals surface area contributed by atoms with Crippen LogP contribution in [-0.2, 0) is 10.0 Å². The van der Waals surface area contributed by atoms with E-state index in [0.717, 1.165) is 19.4 Å². The average molecular weight is 312 g/mol. The van der Waals surface area contributed by atoms with Crippen LogP contribution in [0.25, 0.3) is 0 Å². The zero-order valence-corrected chi connectivity index (χ0v) is 13.4. The summed E-state index contributed by atoms with van der Waals surface area (Å²) in [7, 11) is -3.51. The minimum absolute atomic E-state index is 0.253. The van der Waals surface area contributed by atoms with Gasteiger partial charge in [0.15, 0.2) is 0 Å². The maximum Gasteiger partial charge on any atom is 0.242 e. The zero-order valence-electron chi connectivity index (χ0n) is 12.6. The van der Waals surface area contributed by atoms with Crippen LogP contribution in [0.4, 0.5) is 5.69 Å². The zero-order chi connectivity index (χ0) is 15.5. The Morgan fingerprint density at radius 1 is 1.38 bits per heavy atom. The first-order valence-electron chi connectivity index (χ1n) is 7.47. The molecule has 2 unspecified atom stereocenters. The van der Waals surface area contributed by atoms with Crippen LogP contribution in [0.3, 0.4) is 0 Å². The number of anilines is 1. The minimum Gasteiger partial charge on any atom is -0.391 e. The van der Waals surface area contributed by atoms with E-state index in [1.165, 1.54) is 0 Å². The molecular weight excluding hydrogens is 288 g/mol. The molecule has 0 aromatic heterocycles. The van der Waals surface area contributed by atoms with Crippen LogP contribution in [0.15, 0.2) is 29.2 Å². The third kappa shape index (κ3) is 3.75. The lowest BCUT2D eigenvalue weighted by Gasteiger charge is -2.36. The second kappa shape index (κ2) is 6.77. The van der Waals surface area contributed by atoms with E-state index < -0.39 is 16.1 Å². The van der Waals surface area contributed by atoms with Crippen molar-refractivity contribution in [1.29, 1.82) is 0 Å². The van der Waals surface area contributed by atoms with Crippen LogP contribution in [-0.4, -0.2) is 39.3 Å². The van der Waals surface area contributed by atoms with Gasteiger partial charge in [0.25, 0.3) is 0 Å². The highest BCUT2D eigenvalue weighted by molar-refractivity contribution is 7.89. The summed E-state index contributed by atoms with van der Waals surface area (Å²) in [6.07, 6.45) is 1.19. The van der Waals surface area contributed by atoms with E-state index >= 15 is 0 Å². The molecule has 0 amide bonds. The first-order chi connectivity index (χ1) is 9.95. The molecule has 1 heterocycles. The molecule has 21 heavy (non-hydrogen) atoms. The Bertz CT molecular complexity index is 574. The Morgan fingerprint density at radius 3 is 2.76 bits per heavy atom. The van der Waals surface area contributed by atoms with E-state index in [9.17, 15) is 13.5 Å². The van der Waals surface area contributed by atoms with E-state index in [1.54, 1.807) is 12.1 Å².